The summed E-state index contributed by atoms with van der Waals surface area (Å²) in [6.45, 7) is 0.443. The third-order valence-electron chi connectivity index (χ3n) is 5.45. The van der Waals surface area contributed by atoms with Crippen molar-refractivity contribution in [1.29, 1.82) is 0 Å². The smallest absolute Gasteiger partial charge is 0.285 e. The van der Waals surface area contributed by atoms with Crippen LogP contribution in [-0.2, 0) is 21.4 Å². The fraction of sp³-hybridized carbons (Fsp3) is 0.0741. The van der Waals surface area contributed by atoms with Gasteiger partial charge in [-0.2, -0.15) is 13.0 Å². The number of rotatable bonds is 8. The summed E-state index contributed by atoms with van der Waals surface area (Å²) < 4.78 is 29.6. The van der Waals surface area contributed by atoms with Gasteiger partial charge >= 0.3 is 0 Å². The number of hydrogen-bond acceptors (Lipinski definition) is 3. The van der Waals surface area contributed by atoms with Crippen molar-refractivity contribution in [2.75, 3.05) is 5.32 Å². The number of nitrogens with one attached hydrogen (secondary N) is 1. The Kier molecular flexibility index (Phi) is 7.41. The molecule has 0 spiro atoms. The van der Waals surface area contributed by atoms with Crippen LogP contribution >= 0.6 is 0 Å². The summed E-state index contributed by atoms with van der Waals surface area (Å²) >= 11 is 0. The first-order valence-corrected chi connectivity index (χ1v) is 12.7. The number of guanidine groups is 1. The van der Waals surface area contributed by atoms with Crippen LogP contribution in [0.1, 0.15) is 6.42 Å². The predicted octanol–water partition coefficient (Wildman–Crippen LogP) is 3.30. The van der Waals surface area contributed by atoms with E-state index in [1.54, 1.807) is 0 Å². The summed E-state index contributed by atoms with van der Waals surface area (Å²) in [6, 6.07) is 31.8. The summed E-state index contributed by atoms with van der Waals surface area (Å²) in [4.78, 5) is 12.7. The van der Waals surface area contributed by atoms with Crippen molar-refractivity contribution in [3.05, 3.63) is 103 Å². The number of carbonyl (C=O) groups excluding carboxylic acids is 1. The van der Waals surface area contributed by atoms with Gasteiger partial charge in [-0.05, 0) is 54.6 Å². The van der Waals surface area contributed by atoms with Crippen molar-refractivity contribution in [2.24, 2.45) is 15.9 Å². The molecule has 0 aliphatic carbocycles. The van der Waals surface area contributed by atoms with Crippen molar-refractivity contribution in [3.63, 3.8) is 0 Å². The van der Waals surface area contributed by atoms with E-state index in [4.69, 9.17) is 11.5 Å². The molecule has 182 valence electrons. The second-order valence-electron chi connectivity index (χ2n) is 7.99. The Balaban J connectivity index is 1.55. The normalized spacial score (nSPS) is 11.0. The van der Waals surface area contributed by atoms with E-state index in [1.165, 1.54) is 24.3 Å². The van der Waals surface area contributed by atoms with E-state index in [0.29, 0.717) is 12.2 Å². The van der Waals surface area contributed by atoms with Crippen LogP contribution in [0, 0.1) is 0 Å². The monoisotopic (exact) mass is 500 g/mol. The van der Waals surface area contributed by atoms with Gasteiger partial charge in [0.05, 0.1) is 11.3 Å². The zero-order chi connectivity index (χ0) is 25.5. The Morgan fingerprint density at radius 1 is 0.750 bits per heavy atom. The highest BCUT2D eigenvalue weighted by Crippen LogP contribution is 2.21. The molecular formula is C27H26N5O3S+. The fourth-order valence-electron chi connectivity index (χ4n) is 3.84. The number of carbonyl (C=O) groups is 1. The molecule has 0 aliphatic heterocycles. The van der Waals surface area contributed by atoms with Crippen molar-refractivity contribution in [2.45, 2.75) is 17.9 Å². The number of hydrogen-bond donors (Lipinski definition) is 3. The average Bonchev–Trinajstić information content (AvgIpc) is 2.88. The predicted molar refractivity (Wildman–Crippen MR) is 140 cm³/mol. The number of amides is 1. The highest BCUT2D eigenvalue weighted by molar-refractivity contribution is 7.90. The molecule has 0 saturated carbocycles. The first-order chi connectivity index (χ1) is 17.3. The van der Waals surface area contributed by atoms with Crippen molar-refractivity contribution >= 4 is 27.6 Å². The van der Waals surface area contributed by atoms with Gasteiger partial charge in [-0.15, -0.1) is 4.40 Å². The molecule has 1 heterocycles. The van der Waals surface area contributed by atoms with Crippen LogP contribution in [0.3, 0.4) is 0 Å². The Hall–Kier alpha value is -4.50. The first-order valence-electron chi connectivity index (χ1n) is 11.2. The molecule has 4 rings (SSSR count). The van der Waals surface area contributed by atoms with Crippen LogP contribution < -0.4 is 21.4 Å². The zero-order valence-corrected chi connectivity index (χ0v) is 20.2. The quantitative estimate of drug-likeness (QED) is 0.194. The summed E-state index contributed by atoms with van der Waals surface area (Å²) in [6.07, 6.45) is 0.211. The molecule has 5 N–H and O–H groups in total. The average molecular weight is 501 g/mol. The molecule has 0 unspecified atom stereocenters. The summed E-state index contributed by atoms with van der Waals surface area (Å²) in [5.41, 5.74) is 14.9. The summed E-state index contributed by atoms with van der Waals surface area (Å²) in [5.74, 6) is -0.750. The number of aromatic nitrogens is 1. The molecule has 9 heteroatoms. The number of pyridine rings is 1. The van der Waals surface area contributed by atoms with Crippen LogP contribution in [0.5, 0.6) is 0 Å². The number of nitrogens with two attached hydrogens (primary N) is 2. The highest BCUT2D eigenvalue weighted by Gasteiger charge is 2.21. The first kappa shape index (κ1) is 24.6. The Bertz CT molecular complexity index is 1430. The van der Waals surface area contributed by atoms with Crippen molar-refractivity contribution in [1.82, 2.24) is 0 Å². The van der Waals surface area contributed by atoms with Crippen LogP contribution in [0.25, 0.3) is 22.5 Å². The molecular weight excluding hydrogens is 474 g/mol. The van der Waals surface area contributed by atoms with Gasteiger partial charge < -0.3 is 16.8 Å². The minimum absolute atomic E-state index is 0.0752. The lowest BCUT2D eigenvalue weighted by Crippen LogP contribution is -2.40. The number of sulfonamides is 1. The van der Waals surface area contributed by atoms with E-state index in [-0.39, 0.29) is 17.2 Å². The van der Waals surface area contributed by atoms with Crippen LogP contribution in [-0.4, -0.2) is 20.3 Å². The topological polar surface area (TPSA) is 132 Å². The van der Waals surface area contributed by atoms with Gasteiger partial charge in [-0.3, -0.25) is 4.79 Å². The van der Waals surface area contributed by atoms with E-state index >= 15 is 0 Å². The van der Waals surface area contributed by atoms with Crippen LogP contribution in [0.2, 0.25) is 0 Å². The molecule has 0 saturated heterocycles. The second kappa shape index (κ2) is 10.8. The van der Waals surface area contributed by atoms with Gasteiger partial charge in [0.2, 0.25) is 23.3 Å². The van der Waals surface area contributed by atoms with Gasteiger partial charge in [0.15, 0.2) is 6.54 Å². The SMILES string of the molecule is NC(N)=NS(=O)(=O)c1ccc(NC(=O)CC[n+]2c(-c3ccccc3)cccc2-c2ccccc2)cc1. The minimum Gasteiger partial charge on any atom is -0.369 e. The highest BCUT2D eigenvalue weighted by atomic mass is 32.2. The molecule has 3 aromatic carbocycles. The van der Waals surface area contributed by atoms with Crippen molar-refractivity contribution < 1.29 is 17.8 Å². The van der Waals surface area contributed by atoms with Crippen LogP contribution in [0.15, 0.2) is 112 Å². The number of anilines is 1. The molecule has 4 aromatic rings. The third kappa shape index (κ3) is 5.94. The van der Waals surface area contributed by atoms with E-state index in [0.717, 1.165) is 22.5 Å². The molecule has 0 aliphatic rings. The van der Waals surface area contributed by atoms with Gasteiger partial charge in [-0.1, -0.05) is 36.4 Å². The lowest BCUT2D eigenvalue weighted by atomic mass is 10.1. The zero-order valence-electron chi connectivity index (χ0n) is 19.4. The fourth-order valence-corrected chi connectivity index (χ4v) is 4.70. The number of nitrogens with zero attached hydrogens (tertiary/aromatic N) is 2. The molecule has 0 fully saturated rings. The minimum atomic E-state index is -3.99. The van der Waals surface area contributed by atoms with Gasteiger partial charge in [0.25, 0.3) is 10.0 Å². The lowest BCUT2D eigenvalue weighted by molar-refractivity contribution is -0.674. The van der Waals surface area contributed by atoms with Crippen LogP contribution in [0.4, 0.5) is 5.69 Å². The Morgan fingerprint density at radius 3 is 1.78 bits per heavy atom. The largest absolute Gasteiger partial charge is 0.369 e. The molecule has 0 radical (unpaired) electrons. The molecule has 1 amide bonds. The molecule has 0 atom stereocenters. The maximum atomic E-state index is 12.8. The Labute approximate surface area is 210 Å². The van der Waals surface area contributed by atoms with Gasteiger partial charge in [-0.25, -0.2) is 0 Å². The van der Waals surface area contributed by atoms with Crippen molar-refractivity contribution in [3.8, 4) is 22.5 Å². The van der Waals surface area contributed by atoms with E-state index in [2.05, 4.69) is 14.3 Å². The maximum Gasteiger partial charge on any atom is 0.285 e. The molecule has 1 aromatic heterocycles. The molecule has 8 nitrogen and oxygen atoms in total. The molecule has 0 bridgehead atoms. The standard InChI is InChI=1S/C27H25N5O3S/c28-27(29)31-36(34,35)23-16-14-22(15-17-23)30-26(33)18-19-32-24(20-8-3-1-4-9-20)12-7-13-25(32)21-10-5-2-6-11-21/h1-17H,18-19H2,(H4-,28,29,30,31,33)/p+1. The van der Waals surface area contributed by atoms with Gasteiger partial charge in [0.1, 0.15) is 0 Å². The maximum absolute atomic E-state index is 12.8. The second-order valence-corrected chi connectivity index (χ2v) is 9.60. The Morgan fingerprint density at radius 2 is 1.28 bits per heavy atom. The van der Waals surface area contributed by atoms with E-state index < -0.39 is 16.0 Å². The van der Waals surface area contributed by atoms with Gasteiger partial charge in [0, 0.05) is 28.9 Å². The summed E-state index contributed by atoms with van der Waals surface area (Å²) in [7, 11) is -3.99. The summed E-state index contributed by atoms with van der Waals surface area (Å²) in [5, 5.41) is 2.82. The van der Waals surface area contributed by atoms with E-state index in [1.807, 2.05) is 78.9 Å². The molecule has 36 heavy (non-hydrogen) atoms. The van der Waals surface area contributed by atoms with E-state index in [9.17, 15) is 13.2 Å². The lowest BCUT2D eigenvalue weighted by Gasteiger charge is -2.10. The number of benzene rings is 3. The third-order valence-corrected chi connectivity index (χ3v) is 6.77.